The summed E-state index contributed by atoms with van der Waals surface area (Å²) in [4.78, 5) is 14.1. The quantitative estimate of drug-likeness (QED) is 0.459. The van der Waals surface area contributed by atoms with Gasteiger partial charge in [0.05, 0.1) is 11.5 Å². The van der Waals surface area contributed by atoms with Gasteiger partial charge in [-0.05, 0) is 12.1 Å². The first-order valence-electron chi connectivity index (χ1n) is 6.07. The van der Waals surface area contributed by atoms with Gasteiger partial charge in [-0.15, -0.1) is 0 Å². The summed E-state index contributed by atoms with van der Waals surface area (Å²) in [6, 6.07) is 6.00. The highest BCUT2D eigenvalue weighted by Crippen LogP contribution is 2.16. The number of hydrogen-bond acceptors (Lipinski definition) is 6. The largest absolute Gasteiger partial charge is 0.492 e. The van der Waals surface area contributed by atoms with Crippen LogP contribution in [0.3, 0.4) is 0 Å². The van der Waals surface area contributed by atoms with Crippen LogP contribution in [0.4, 0.5) is 5.69 Å². The summed E-state index contributed by atoms with van der Waals surface area (Å²) in [7, 11) is 1.81. The molecule has 0 aliphatic carbocycles. The molecule has 0 atom stereocenters. The van der Waals surface area contributed by atoms with Crippen molar-refractivity contribution in [2.45, 2.75) is 6.54 Å². The van der Waals surface area contributed by atoms with Gasteiger partial charge in [-0.2, -0.15) is 5.10 Å². The first-order valence-corrected chi connectivity index (χ1v) is 6.07. The predicted octanol–water partition coefficient (Wildman–Crippen LogP) is 0.892. The monoisotopic (exact) mass is 277 g/mol. The first kappa shape index (κ1) is 13.9. The second-order valence-electron chi connectivity index (χ2n) is 4.11. The molecule has 0 saturated heterocycles. The Morgan fingerprint density at radius 3 is 2.75 bits per heavy atom. The van der Waals surface area contributed by atoms with Gasteiger partial charge in [0, 0.05) is 25.7 Å². The van der Waals surface area contributed by atoms with Crippen LogP contribution in [0.2, 0.25) is 0 Å². The van der Waals surface area contributed by atoms with Crippen molar-refractivity contribution in [2.24, 2.45) is 7.05 Å². The molecule has 0 amide bonds. The fourth-order valence-corrected chi connectivity index (χ4v) is 1.57. The molecule has 20 heavy (non-hydrogen) atoms. The van der Waals surface area contributed by atoms with Gasteiger partial charge in [0.2, 0.25) is 0 Å². The van der Waals surface area contributed by atoms with Crippen molar-refractivity contribution in [3.63, 3.8) is 0 Å². The van der Waals surface area contributed by atoms with Gasteiger partial charge in [0.25, 0.3) is 5.69 Å². The molecule has 0 saturated carbocycles. The van der Waals surface area contributed by atoms with Crippen LogP contribution in [-0.4, -0.2) is 32.8 Å². The fourth-order valence-electron chi connectivity index (χ4n) is 1.57. The van der Waals surface area contributed by atoms with E-state index in [1.54, 1.807) is 23.1 Å². The second-order valence-corrected chi connectivity index (χ2v) is 4.11. The van der Waals surface area contributed by atoms with Crippen molar-refractivity contribution in [2.75, 3.05) is 13.2 Å². The molecular formula is C12H15N5O3. The molecule has 0 radical (unpaired) electrons. The van der Waals surface area contributed by atoms with E-state index in [4.69, 9.17) is 4.74 Å². The summed E-state index contributed by atoms with van der Waals surface area (Å²) in [6.45, 7) is 1.67. The molecule has 8 heteroatoms. The van der Waals surface area contributed by atoms with E-state index in [0.717, 1.165) is 5.82 Å². The van der Waals surface area contributed by atoms with Crippen LogP contribution >= 0.6 is 0 Å². The molecule has 8 nitrogen and oxygen atoms in total. The molecule has 1 aromatic heterocycles. The van der Waals surface area contributed by atoms with E-state index in [-0.39, 0.29) is 5.69 Å². The number of aromatic nitrogens is 3. The SMILES string of the molecule is Cn1cnc(CNCCOc2ccc([N+](=O)[O-])cc2)n1. The highest BCUT2D eigenvalue weighted by atomic mass is 16.6. The Bertz CT molecular complexity index is 567. The fraction of sp³-hybridized carbons (Fsp3) is 0.333. The maximum Gasteiger partial charge on any atom is 0.269 e. The first-order chi connectivity index (χ1) is 9.65. The van der Waals surface area contributed by atoms with Crippen LogP contribution in [-0.2, 0) is 13.6 Å². The Labute approximate surface area is 115 Å². The molecule has 0 spiro atoms. The van der Waals surface area contributed by atoms with Gasteiger partial charge in [0.1, 0.15) is 18.7 Å². The summed E-state index contributed by atoms with van der Waals surface area (Å²) in [5.74, 6) is 1.33. The molecule has 0 bridgehead atoms. The average molecular weight is 277 g/mol. The summed E-state index contributed by atoms with van der Waals surface area (Å²) in [5.41, 5.74) is 0.0525. The number of rotatable bonds is 7. The van der Waals surface area contributed by atoms with Crippen molar-refractivity contribution in [1.29, 1.82) is 0 Å². The number of aryl methyl sites for hydroxylation is 1. The third-order valence-electron chi connectivity index (χ3n) is 2.53. The Kier molecular flexibility index (Phi) is 4.61. The molecule has 106 valence electrons. The number of nitrogens with one attached hydrogen (secondary N) is 1. The van der Waals surface area contributed by atoms with Crippen LogP contribution in [0, 0.1) is 10.1 Å². The van der Waals surface area contributed by atoms with Crippen LogP contribution in [0.15, 0.2) is 30.6 Å². The molecule has 0 aliphatic heterocycles. The minimum Gasteiger partial charge on any atom is -0.492 e. The number of nitro groups is 1. The van der Waals surface area contributed by atoms with Gasteiger partial charge in [-0.25, -0.2) is 4.98 Å². The molecular weight excluding hydrogens is 262 g/mol. The van der Waals surface area contributed by atoms with Crippen LogP contribution in [0.1, 0.15) is 5.82 Å². The van der Waals surface area contributed by atoms with Crippen LogP contribution < -0.4 is 10.1 Å². The lowest BCUT2D eigenvalue weighted by Gasteiger charge is -2.06. The molecule has 0 aliphatic rings. The van der Waals surface area contributed by atoms with Gasteiger partial charge in [-0.1, -0.05) is 0 Å². The zero-order chi connectivity index (χ0) is 14.4. The number of nitrogens with zero attached hydrogens (tertiary/aromatic N) is 4. The molecule has 0 fully saturated rings. The Hall–Kier alpha value is -2.48. The van der Waals surface area contributed by atoms with E-state index in [0.29, 0.717) is 25.4 Å². The normalized spacial score (nSPS) is 10.4. The zero-order valence-electron chi connectivity index (χ0n) is 11.0. The third kappa shape index (κ3) is 4.02. The van der Waals surface area contributed by atoms with E-state index in [2.05, 4.69) is 15.4 Å². The van der Waals surface area contributed by atoms with E-state index in [9.17, 15) is 10.1 Å². The minimum absolute atomic E-state index is 0.0525. The molecule has 1 N–H and O–H groups in total. The number of benzene rings is 1. The van der Waals surface area contributed by atoms with Gasteiger partial charge in [0.15, 0.2) is 5.82 Å². The highest BCUT2D eigenvalue weighted by Gasteiger charge is 2.04. The van der Waals surface area contributed by atoms with Crippen LogP contribution in [0.5, 0.6) is 5.75 Å². The molecule has 1 heterocycles. The number of ether oxygens (including phenoxy) is 1. The second kappa shape index (κ2) is 6.62. The van der Waals surface area contributed by atoms with E-state index in [1.165, 1.54) is 12.1 Å². The number of non-ortho nitro benzene ring substituents is 1. The van der Waals surface area contributed by atoms with E-state index in [1.807, 2.05) is 7.05 Å². The van der Waals surface area contributed by atoms with E-state index < -0.39 is 4.92 Å². The summed E-state index contributed by atoms with van der Waals surface area (Å²) < 4.78 is 7.10. The molecule has 2 rings (SSSR count). The minimum atomic E-state index is -0.439. The topological polar surface area (TPSA) is 95.1 Å². The average Bonchev–Trinajstić information content (AvgIpc) is 2.84. The van der Waals surface area contributed by atoms with Crippen molar-refractivity contribution >= 4 is 5.69 Å². The lowest BCUT2D eigenvalue weighted by Crippen LogP contribution is -2.21. The van der Waals surface area contributed by atoms with Gasteiger partial charge >= 0.3 is 0 Å². The Morgan fingerprint density at radius 2 is 2.15 bits per heavy atom. The van der Waals surface area contributed by atoms with Crippen molar-refractivity contribution in [3.05, 3.63) is 46.5 Å². The maximum atomic E-state index is 10.5. The van der Waals surface area contributed by atoms with Gasteiger partial charge < -0.3 is 10.1 Å². The van der Waals surface area contributed by atoms with Gasteiger partial charge in [-0.3, -0.25) is 14.8 Å². The van der Waals surface area contributed by atoms with Crippen molar-refractivity contribution < 1.29 is 9.66 Å². The lowest BCUT2D eigenvalue weighted by atomic mass is 10.3. The predicted molar refractivity (Wildman–Crippen MR) is 71.3 cm³/mol. The standard InChI is InChI=1S/C12H15N5O3/c1-16-9-14-12(15-16)8-13-6-7-20-11-4-2-10(3-5-11)17(18)19/h2-5,9,13H,6-8H2,1H3. The molecule has 1 aromatic carbocycles. The maximum absolute atomic E-state index is 10.5. The van der Waals surface area contributed by atoms with Crippen molar-refractivity contribution in [1.82, 2.24) is 20.1 Å². The number of hydrogen-bond donors (Lipinski definition) is 1. The summed E-state index contributed by atoms with van der Waals surface area (Å²) in [5, 5.41) is 17.8. The summed E-state index contributed by atoms with van der Waals surface area (Å²) >= 11 is 0. The lowest BCUT2D eigenvalue weighted by molar-refractivity contribution is -0.384. The smallest absolute Gasteiger partial charge is 0.269 e. The summed E-state index contributed by atoms with van der Waals surface area (Å²) in [6.07, 6.45) is 1.64. The van der Waals surface area contributed by atoms with E-state index >= 15 is 0 Å². The third-order valence-corrected chi connectivity index (χ3v) is 2.53. The highest BCUT2D eigenvalue weighted by molar-refractivity contribution is 5.35. The molecule has 2 aromatic rings. The van der Waals surface area contributed by atoms with Crippen LogP contribution in [0.25, 0.3) is 0 Å². The molecule has 0 unspecified atom stereocenters. The Balaban J connectivity index is 1.66. The number of nitro benzene ring substituents is 1. The zero-order valence-corrected chi connectivity index (χ0v) is 11.0. The Morgan fingerprint density at radius 1 is 1.40 bits per heavy atom. The van der Waals surface area contributed by atoms with Crippen molar-refractivity contribution in [3.8, 4) is 5.75 Å².